The normalized spacial score (nSPS) is 12.1. The van der Waals surface area contributed by atoms with Gasteiger partial charge in [0.2, 0.25) is 0 Å². The maximum atomic E-state index is 11.3. The molecule has 1 rings (SSSR count). The van der Waals surface area contributed by atoms with Crippen molar-refractivity contribution >= 4 is 5.97 Å². The summed E-state index contributed by atoms with van der Waals surface area (Å²) in [7, 11) is 5.07. The molecule has 0 aliphatic heterocycles. The Kier molecular flexibility index (Phi) is 8.43. The van der Waals surface area contributed by atoms with Gasteiger partial charge >= 0.3 is 5.97 Å². The topological polar surface area (TPSA) is 68.2 Å². The van der Waals surface area contributed by atoms with Gasteiger partial charge in [-0.05, 0) is 38.6 Å². The minimum atomic E-state index is -0.662. The van der Waals surface area contributed by atoms with Crippen LogP contribution in [0.25, 0.3) is 0 Å². The van der Waals surface area contributed by atoms with E-state index in [4.69, 9.17) is 14.2 Å². The minimum absolute atomic E-state index is 0.200. The van der Waals surface area contributed by atoms with Crippen molar-refractivity contribution in [3.05, 3.63) is 23.8 Å². The summed E-state index contributed by atoms with van der Waals surface area (Å²) >= 11 is 0. The van der Waals surface area contributed by atoms with E-state index in [0.29, 0.717) is 49.6 Å². The smallest absolute Gasteiger partial charge is 0.307 e. The lowest BCUT2D eigenvalue weighted by molar-refractivity contribution is -0.143. The van der Waals surface area contributed by atoms with Crippen LogP contribution in [0.1, 0.15) is 31.4 Å². The lowest BCUT2D eigenvalue weighted by Crippen LogP contribution is -2.25. The zero-order valence-corrected chi connectivity index (χ0v) is 14.4. The van der Waals surface area contributed by atoms with Gasteiger partial charge in [0.1, 0.15) is 11.5 Å². The molecule has 0 radical (unpaired) electrons. The van der Waals surface area contributed by atoms with Crippen LogP contribution in [0, 0.1) is 0 Å². The fourth-order valence-corrected chi connectivity index (χ4v) is 2.23. The SMILES string of the molecule is CCOC(=O)CCN(C)CCC(O)c1cc(OC)ccc1OC. The third-order valence-electron chi connectivity index (χ3n) is 3.58. The molecule has 23 heavy (non-hydrogen) atoms. The second-order valence-corrected chi connectivity index (χ2v) is 5.27. The molecule has 0 saturated heterocycles. The fourth-order valence-electron chi connectivity index (χ4n) is 2.23. The number of carbonyl (C=O) groups excluding carboxylic acids is 1. The van der Waals surface area contributed by atoms with Gasteiger partial charge in [-0.3, -0.25) is 4.79 Å². The Hall–Kier alpha value is -1.79. The maximum Gasteiger partial charge on any atom is 0.307 e. The van der Waals surface area contributed by atoms with Crippen LogP contribution in [0.4, 0.5) is 0 Å². The Bertz CT molecular complexity index is 492. The molecule has 0 fully saturated rings. The predicted octanol–water partition coefficient (Wildman–Crippen LogP) is 2.01. The van der Waals surface area contributed by atoms with Gasteiger partial charge in [0, 0.05) is 18.7 Å². The maximum absolute atomic E-state index is 11.3. The van der Waals surface area contributed by atoms with Gasteiger partial charge in [0.05, 0.1) is 33.4 Å². The van der Waals surface area contributed by atoms with E-state index in [1.807, 2.05) is 11.9 Å². The molecule has 1 unspecified atom stereocenters. The molecular weight excluding hydrogens is 298 g/mol. The first kappa shape index (κ1) is 19.3. The van der Waals surface area contributed by atoms with Crippen LogP contribution >= 0.6 is 0 Å². The fraction of sp³-hybridized carbons (Fsp3) is 0.588. The lowest BCUT2D eigenvalue weighted by atomic mass is 10.0. The van der Waals surface area contributed by atoms with Crippen molar-refractivity contribution in [2.75, 3.05) is 41.0 Å². The van der Waals surface area contributed by atoms with Gasteiger partial charge in [0.25, 0.3) is 0 Å². The minimum Gasteiger partial charge on any atom is -0.497 e. The number of aliphatic hydroxyl groups excluding tert-OH is 1. The summed E-state index contributed by atoms with van der Waals surface area (Å²) < 4.78 is 15.4. The highest BCUT2D eigenvalue weighted by Crippen LogP contribution is 2.30. The highest BCUT2D eigenvalue weighted by atomic mass is 16.5. The molecule has 1 N–H and O–H groups in total. The van der Waals surface area contributed by atoms with Gasteiger partial charge in [-0.15, -0.1) is 0 Å². The molecule has 0 aliphatic rings. The Morgan fingerprint density at radius 1 is 1.26 bits per heavy atom. The van der Waals surface area contributed by atoms with E-state index in [1.165, 1.54) is 0 Å². The van der Waals surface area contributed by atoms with Crippen LogP contribution in [0.2, 0.25) is 0 Å². The van der Waals surface area contributed by atoms with E-state index in [1.54, 1.807) is 39.3 Å². The third kappa shape index (κ3) is 6.46. The molecule has 0 amide bonds. The number of benzene rings is 1. The molecule has 0 bridgehead atoms. The molecule has 0 aromatic heterocycles. The molecule has 0 spiro atoms. The molecule has 6 nitrogen and oxygen atoms in total. The molecule has 0 heterocycles. The number of methoxy groups -OCH3 is 2. The molecule has 6 heteroatoms. The van der Waals surface area contributed by atoms with Crippen LogP contribution in [-0.2, 0) is 9.53 Å². The molecule has 1 aromatic carbocycles. The second-order valence-electron chi connectivity index (χ2n) is 5.27. The van der Waals surface area contributed by atoms with Gasteiger partial charge < -0.3 is 24.2 Å². The third-order valence-corrected chi connectivity index (χ3v) is 3.58. The lowest BCUT2D eigenvalue weighted by Gasteiger charge is -2.20. The first-order valence-corrected chi connectivity index (χ1v) is 7.76. The van der Waals surface area contributed by atoms with E-state index >= 15 is 0 Å². The number of aliphatic hydroxyl groups is 1. The summed E-state index contributed by atoms with van der Waals surface area (Å²) in [6, 6.07) is 5.35. The van der Waals surface area contributed by atoms with Crippen LogP contribution in [0.5, 0.6) is 11.5 Å². The molecule has 130 valence electrons. The van der Waals surface area contributed by atoms with Crippen molar-refractivity contribution in [1.82, 2.24) is 4.90 Å². The quantitative estimate of drug-likeness (QED) is 0.664. The van der Waals surface area contributed by atoms with Crippen LogP contribution < -0.4 is 9.47 Å². The van der Waals surface area contributed by atoms with Gasteiger partial charge in [0.15, 0.2) is 0 Å². The largest absolute Gasteiger partial charge is 0.497 e. The average molecular weight is 325 g/mol. The van der Waals surface area contributed by atoms with Crippen molar-refractivity contribution in [3.8, 4) is 11.5 Å². The van der Waals surface area contributed by atoms with Gasteiger partial charge in [-0.1, -0.05) is 0 Å². The van der Waals surface area contributed by atoms with Crippen molar-refractivity contribution in [1.29, 1.82) is 0 Å². The van der Waals surface area contributed by atoms with Crippen molar-refractivity contribution in [2.24, 2.45) is 0 Å². The van der Waals surface area contributed by atoms with E-state index in [2.05, 4.69) is 0 Å². The Morgan fingerprint density at radius 3 is 2.61 bits per heavy atom. The number of esters is 1. The number of hydrogen-bond acceptors (Lipinski definition) is 6. The molecule has 0 aliphatic carbocycles. The van der Waals surface area contributed by atoms with Crippen LogP contribution in [0.15, 0.2) is 18.2 Å². The highest BCUT2D eigenvalue weighted by molar-refractivity contribution is 5.69. The van der Waals surface area contributed by atoms with Crippen molar-refractivity contribution in [3.63, 3.8) is 0 Å². The number of ether oxygens (including phenoxy) is 3. The molecule has 1 atom stereocenters. The van der Waals surface area contributed by atoms with Crippen molar-refractivity contribution in [2.45, 2.75) is 25.9 Å². The summed E-state index contributed by atoms with van der Waals surface area (Å²) in [6.07, 6.45) is 0.219. The standard InChI is InChI=1S/C17H27NO5/c1-5-23-17(20)9-11-18(2)10-8-15(19)14-12-13(21-3)6-7-16(14)22-4/h6-7,12,15,19H,5,8-11H2,1-4H3. The van der Waals surface area contributed by atoms with Gasteiger partial charge in [-0.25, -0.2) is 0 Å². The predicted molar refractivity (Wildman–Crippen MR) is 87.9 cm³/mol. The van der Waals surface area contributed by atoms with Crippen molar-refractivity contribution < 1.29 is 24.1 Å². The monoisotopic (exact) mass is 325 g/mol. The highest BCUT2D eigenvalue weighted by Gasteiger charge is 2.15. The summed E-state index contributed by atoms with van der Waals surface area (Å²) in [6.45, 7) is 3.44. The van der Waals surface area contributed by atoms with E-state index < -0.39 is 6.10 Å². The Morgan fingerprint density at radius 2 is 2.00 bits per heavy atom. The zero-order chi connectivity index (χ0) is 17.2. The molecular formula is C17H27NO5. The van der Waals surface area contributed by atoms with Crippen LogP contribution in [-0.4, -0.2) is 56.9 Å². The Labute approximate surface area is 138 Å². The summed E-state index contributed by atoms with van der Waals surface area (Å²) in [5.41, 5.74) is 0.700. The summed E-state index contributed by atoms with van der Waals surface area (Å²) in [5.74, 6) is 1.11. The van der Waals surface area contributed by atoms with Gasteiger partial charge in [-0.2, -0.15) is 0 Å². The zero-order valence-electron chi connectivity index (χ0n) is 14.4. The average Bonchev–Trinajstić information content (AvgIpc) is 2.57. The molecule has 0 saturated carbocycles. The first-order chi connectivity index (χ1) is 11.0. The number of rotatable bonds is 10. The summed E-state index contributed by atoms with van der Waals surface area (Å²) in [5, 5.41) is 10.4. The van der Waals surface area contributed by atoms with E-state index in [9.17, 15) is 9.90 Å². The summed E-state index contributed by atoms with van der Waals surface area (Å²) in [4.78, 5) is 13.3. The van der Waals surface area contributed by atoms with E-state index in [0.717, 1.165) is 0 Å². The molecule has 1 aromatic rings. The Balaban J connectivity index is 2.52. The number of carbonyl (C=O) groups is 1. The van der Waals surface area contributed by atoms with Crippen LogP contribution in [0.3, 0.4) is 0 Å². The second kappa shape index (κ2) is 10.1. The number of nitrogens with zero attached hydrogens (tertiary/aromatic N) is 1. The van der Waals surface area contributed by atoms with E-state index in [-0.39, 0.29) is 5.97 Å². The number of hydrogen-bond donors (Lipinski definition) is 1. The first-order valence-electron chi connectivity index (χ1n) is 7.76.